The maximum atomic E-state index is 12.3. The molecule has 0 aliphatic heterocycles. The SMILES string of the molecule is COc1cccc2c1CCC2NC(=O)CCc1ccccc1N. The second-order valence-corrected chi connectivity index (χ2v) is 5.89. The molecule has 3 N–H and O–H groups in total. The van der Waals surface area contributed by atoms with Gasteiger partial charge in [0.2, 0.25) is 5.91 Å². The van der Waals surface area contributed by atoms with E-state index in [1.807, 2.05) is 36.4 Å². The summed E-state index contributed by atoms with van der Waals surface area (Å²) in [6, 6.07) is 13.8. The molecule has 3 rings (SSSR count). The first-order valence-corrected chi connectivity index (χ1v) is 7.97. The molecule has 0 saturated heterocycles. The van der Waals surface area contributed by atoms with Crippen molar-refractivity contribution in [3.8, 4) is 5.75 Å². The van der Waals surface area contributed by atoms with Crippen LogP contribution in [0.2, 0.25) is 0 Å². The molecular weight excluding hydrogens is 288 g/mol. The molecule has 2 aromatic carbocycles. The fourth-order valence-corrected chi connectivity index (χ4v) is 3.24. The number of hydrogen-bond donors (Lipinski definition) is 2. The van der Waals surface area contributed by atoms with Crippen molar-refractivity contribution in [1.82, 2.24) is 5.32 Å². The Kier molecular flexibility index (Phi) is 4.51. The van der Waals surface area contributed by atoms with Crippen molar-refractivity contribution in [2.75, 3.05) is 12.8 Å². The zero-order chi connectivity index (χ0) is 16.2. The van der Waals surface area contributed by atoms with Gasteiger partial charge in [-0.3, -0.25) is 4.79 Å². The number of fused-ring (bicyclic) bond motifs is 1. The van der Waals surface area contributed by atoms with Crippen LogP contribution in [-0.4, -0.2) is 13.0 Å². The third-order valence-electron chi connectivity index (χ3n) is 4.46. The topological polar surface area (TPSA) is 64.3 Å². The molecule has 2 aromatic rings. The lowest BCUT2D eigenvalue weighted by atomic mass is 10.1. The summed E-state index contributed by atoms with van der Waals surface area (Å²) >= 11 is 0. The van der Waals surface area contributed by atoms with Gasteiger partial charge in [-0.15, -0.1) is 0 Å². The Hall–Kier alpha value is -2.49. The van der Waals surface area contributed by atoms with E-state index in [0.29, 0.717) is 12.8 Å². The molecule has 1 unspecified atom stereocenters. The molecule has 0 spiro atoms. The first-order valence-electron chi connectivity index (χ1n) is 7.97. The molecule has 0 bridgehead atoms. The highest BCUT2D eigenvalue weighted by atomic mass is 16.5. The van der Waals surface area contributed by atoms with Gasteiger partial charge < -0.3 is 15.8 Å². The lowest BCUT2D eigenvalue weighted by Crippen LogP contribution is -2.27. The third kappa shape index (κ3) is 3.31. The van der Waals surface area contributed by atoms with Crippen molar-refractivity contribution in [3.05, 3.63) is 59.2 Å². The summed E-state index contributed by atoms with van der Waals surface area (Å²) in [5.74, 6) is 0.977. The minimum absolute atomic E-state index is 0.0638. The van der Waals surface area contributed by atoms with Crippen molar-refractivity contribution in [2.45, 2.75) is 31.7 Å². The summed E-state index contributed by atoms with van der Waals surface area (Å²) in [4.78, 5) is 12.3. The molecule has 1 atom stereocenters. The summed E-state index contributed by atoms with van der Waals surface area (Å²) < 4.78 is 5.40. The molecule has 1 aliphatic carbocycles. The molecule has 0 heterocycles. The highest BCUT2D eigenvalue weighted by Crippen LogP contribution is 2.36. The van der Waals surface area contributed by atoms with Crippen LogP contribution in [0.3, 0.4) is 0 Å². The van der Waals surface area contributed by atoms with Gasteiger partial charge in [0.1, 0.15) is 5.75 Å². The number of carbonyl (C=O) groups is 1. The maximum Gasteiger partial charge on any atom is 0.220 e. The number of nitrogen functional groups attached to an aromatic ring is 1. The van der Waals surface area contributed by atoms with Crippen molar-refractivity contribution >= 4 is 11.6 Å². The highest BCUT2D eigenvalue weighted by molar-refractivity contribution is 5.77. The van der Waals surface area contributed by atoms with E-state index >= 15 is 0 Å². The highest BCUT2D eigenvalue weighted by Gasteiger charge is 2.26. The number of nitrogens with one attached hydrogen (secondary N) is 1. The minimum Gasteiger partial charge on any atom is -0.496 e. The average molecular weight is 310 g/mol. The lowest BCUT2D eigenvalue weighted by Gasteiger charge is -2.15. The molecule has 120 valence electrons. The number of carbonyl (C=O) groups excluding carboxylic acids is 1. The molecular formula is C19H22N2O2. The molecule has 1 aliphatic rings. The number of amides is 1. The van der Waals surface area contributed by atoms with E-state index in [1.165, 1.54) is 11.1 Å². The zero-order valence-corrected chi connectivity index (χ0v) is 13.3. The fourth-order valence-electron chi connectivity index (χ4n) is 3.24. The standard InChI is InChI=1S/C19H22N2O2/c1-23-18-8-4-6-14-15(18)10-11-17(14)21-19(22)12-9-13-5-2-3-7-16(13)20/h2-8,17H,9-12,20H2,1H3,(H,21,22). The number of benzene rings is 2. The Morgan fingerprint density at radius 2 is 2.09 bits per heavy atom. The van der Waals surface area contributed by atoms with Gasteiger partial charge in [-0.1, -0.05) is 30.3 Å². The predicted molar refractivity (Wildman–Crippen MR) is 91.4 cm³/mol. The monoisotopic (exact) mass is 310 g/mol. The van der Waals surface area contributed by atoms with Gasteiger partial charge in [0, 0.05) is 12.1 Å². The molecule has 1 amide bonds. The number of para-hydroxylation sites is 1. The van der Waals surface area contributed by atoms with Gasteiger partial charge in [-0.25, -0.2) is 0 Å². The number of nitrogens with two attached hydrogens (primary N) is 1. The van der Waals surface area contributed by atoms with E-state index in [2.05, 4.69) is 11.4 Å². The number of methoxy groups -OCH3 is 1. The van der Waals surface area contributed by atoms with Crippen LogP contribution >= 0.6 is 0 Å². The maximum absolute atomic E-state index is 12.3. The van der Waals surface area contributed by atoms with E-state index in [-0.39, 0.29) is 11.9 Å². The number of ether oxygens (including phenoxy) is 1. The Morgan fingerprint density at radius 1 is 1.26 bits per heavy atom. The van der Waals surface area contributed by atoms with Crippen LogP contribution in [0.25, 0.3) is 0 Å². The fraction of sp³-hybridized carbons (Fsp3) is 0.316. The summed E-state index contributed by atoms with van der Waals surface area (Å²) in [5, 5.41) is 3.14. The van der Waals surface area contributed by atoms with Crippen molar-refractivity contribution < 1.29 is 9.53 Å². The summed E-state index contributed by atoms with van der Waals surface area (Å²) in [6.07, 6.45) is 2.98. The number of hydrogen-bond acceptors (Lipinski definition) is 3. The van der Waals surface area contributed by atoms with Crippen LogP contribution in [0.5, 0.6) is 5.75 Å². The second kappa shape index (κ2) is 6.73. The predicted octanol–water partition coefficient (Wildman–Crippen LogP) is 3.01. The molecule has 4 nitrogen and oxygen atoms in total. The number of rotatable bonds is 5. The minimum atomic E-state index is 0.0638. The normalized spacial score (nSPS) is 16.0. The van der Waals surface area contributed by atoms with Crippen LogP contribution < -0.4 is 15.8 Å². The zero-order valence-electron chi connectivity index (χ0n) is 13.3. The van der Waals surface area contributed by atoms with Gasteiger partial charge in [-0.2, -0.15) is 0 Å². The molecule has 0 aromatic heterocycles. The first-order chi connectivity index (χ1) is 11.2. The first kappa shape index (κ1) is 15.4. The van der Waals surface area contributed by atoms with Crippen molar-refractivity contribution in [2.24, 2.45) is 0 Å². The van der Waals surface area contributed by atoms with Crippen LogP contribution in [0.1, 0.15) is 35.6 Å². The molecule has 0 radical (unpaired) electrons. The molecule has 4 heteroatoms. The van der Waals surface area contributed by atoms with E-state index in [9.17, 15) is 4.79 Å². The van der Waals surface area contributed by atoms with E-state index in [4.69, 9.17) is 10.5 Å². The smallest absolute Gasteiger partial charge is 0.220 e. The molecule has 0 saturated carbocycles. The summed E-state index contributed by atoms with van der Waals surface area (Å²) in [5.41, 5.74) is 10.1. The molecule has 0 fully saturated rings. The van der Waals surface area contributed by atoms with Gasteiger partial charge in [0.15, 0.2) is 0 Å². The van der Waals surface area contributed by atoms with Crippen LogP contribution in [0.4, 0.5) is 5.69 Å². The van der Waals surface area contributed by atoms with Crippen molar-refractivity contribution in [3.63, 3.8) is 0 Å². The second-order valence-electron chi connectivity index (χ2n) is 5.89. The molecule has 23 heavy (non-hydrogen) atoms. The average Bonchev–Trinajstić information content (AvgIpc) is 2.97. The van der Waals surface area contributed by atoms with Crippen LogP contribution in [0, 0.1) is 0 Å². The number of aryl methyl sites for hydroxylation is 1. The van der Waals surface area contributed by atoms with E-state index in [0.717, 1.165) is 29.8 Å². The Morgan fingerprint density at radius 3 is 2.87 bits per heavy atom. The van der Waals surface area contributed by atoms with E-state index in [1.54, 1.807) is 7.11 Å². The van der Waals surface area contributed by atoms with Gasteiger partial charge in [0.05, 0.1) is 13.2 Å². The Balaban J connectivity index is 1.61. The lowest BCUT2D eigenvalue weighted by molar-refractivity contribution is -0.121. The van der Waals surface area contributed by atoms with Crippen molar-refractivity contribution in [1.29, 1.82) is 0 Å². The van der Waals surface area contributed by atoms with E-state index < -0.39 is 0 Å². The summed E-state index contributed by atoms with van der Waals surface area (Å²) in [7, 11) is 1.69. The van der Waals surface area contributed by atoms with Crippen LogP contribution in [-0.2, 0) is 17.6 Å². The largest absolute Gasteiger partial charge is 0.496 e. The van der Waals surface area contributed by atoms with Gasteiger partial charge in [0.25, 0.3) is 0 Å². The van der Waals surface area contributed by atoms with Crippen LogP contribution in [0.15, 0.2) is 42.5 Å². The Bertz CT molecular complexity index is 712. The Labute approximate surface area is 136 Å². The summed E-state index contributed by atoms with van der Waals surface area (Å²) in [6.45, 7) is 0. The van der Waals surface area contributed by atoms with Gasteiger partial charge >= 0.3 is 0 Å². The quantitative estimate of drug-likeness (QED) is 0.834. The van der Waals surface area contributed by atoms with Gasteiger partial charge in [-0.05, 0) is 48.1 Å². The number of anilines is 1. The third-order valence-corrected chi connectivity index (χ3v) is 4.46.